The minimum atomic E-state index is -0.655. The summed E-state index contributed by atoms with van der Waals surface area (Å²) >= 11 is 0. The van der Waals surface area contributed by atoms with Crippen LogP contribution in [0.1, 0.15) is 27.9 Å². The largest absolute Gasteiger partial charge is 0.340 e. The fourth-order valence-electron chi connectivity index (χ4n) is 4.63. The molecule has 1 N–H and O–H groups in total. The second-order valence-corrected chi connectivity index (χ2v) is 8.75. The number of nitrogens with zero attached hydrogens (tertiary/aromatic N) is 2. The number of carbonyl (C=O) groups excluding carboxylic acids is 2. The molecular weight excluding hydrogens is 434 g/mol. The van der Waals surface area contributed by atoms with Gasteiger partial charge in [0.25, 0.3) is 5.91 Å². The van der Waals surface area contributed by atoms with E-state index in [-0.39, 0.29) is 11.8 Å². The summed E-state index contributed by atoms with van der Waals surface area (Å²) in [6.45, 7) is 1.13. The molecule has 2 amide bonds. The van der Waals surface area contributed by atoms with Crippen LogP contribution in [0, 0.1) is 0 Å². The van der Waals surface area contributed by atoms with Crippen molar-refractivity contribution in [1.82, 2.24) is 15.2 Å². The maximum atomic E-state index is 13.6. The first-order chi connectivity index (χ1) is 17.2. The van der Waals surface area contributed by atoms with Crippen molar-refractivity contribution in [3.8, 4) is 0 Å². The number of fused-ring (bicyclic) bond motifs is 1. The van der Waals surface area contributed by atoms with Crippen molar-refractivity contribution in [2.45, 2.75) is 18.9 Å². The highest BCUT2D eigenvalue weighted by Crippen LogP contribution is 2.29. The first-order valence-electron chi connectivity index (χ1n) is 11.9. The molecule has 5 nitrogen and oxygen atoms in total. The van der Waals surface area contributed by atoms with E-state index in [4.69, 9.17) is 0 Å². The van der Waals surface area contributed by atoms with Crippen molar-refractivity contribution in [3.05, 3.63) is 120 Å². The highest BCUT2D eigenvalue weighted by Gasteiger charge is 2.28. The summed E-state index contributed by atoms with van der Waals surface area (Å²) in [6.07, 6.45) is 6.48. The van der Waals surface area contributed by atoms with Crippen LogP contribution in [0.3, 0.4) is 0 Å². The van der Waals surface area contributed by atoms with Gasteiger partial charge in [0.15, 0.2) is 0 Å². The molecule has 5 rings (SSSR count). The summed E-state index contributed by atoms with van der Waals surface area (Å²) in [5.74, 6) is -0.365. The third-order valence-electron chi connectivity index (χ3n) is 6.47. The van der Waals surface area contributed by atoms with Crippen LogP contribution in [-0.2, 0) is 11.2 Å². The van der Waals surface area contributed by atoms with Crippen molar-refractivity contribution in [2.75, 3.05) is 13.1 Å². The Hall–Kier alpha value is -4.25. The summed E-state index contributed by atoms with van der Waals surface area (Å²) < 4.78 is 0. The van der Waals surface area contributed by atoms with Crippen LogP contribution in [0.25, 0.3) is 16.3 Å². The lowest BCUT2D eigenvalue weighted by atomic mass is 9.94. The Labute approximate surface area is 205 Å². The smallest absolute Gasteiger partial charge is 0.253 e. The fourth-order valence-corrected chi connectivity index (χ4v) is 4.63. The van der Waals surface area contributed by atoms with Gasteiger partial charge in [-0.2, -0.15) is 0 Å². The minimum Gasteiger partial charge on any atom is -0.340 e. The van der Waals surface area contributed by atoms with Gasteiger partial charge in [-0.25, -0.2) is 0 Å². The van der Waals surface area contributed by atoms with Gasteiger partial charge in [0.05, 0.1) is 5.56 Å². The Bertz CT molecular complexity index is 1360. The van der Waals surface area contributed by atoms with E-state index in [2.05, 4.69) is 58.8 Å². The number of nitrogens with one attached hydrogen (secondary N) is 1. The molecule has 174 valence electrons. The summed E-state index contributed by atoms with van der Waals surface area (Å²) in [6, 6.07) is 27.3. The lowest BCUT2D eigenvalue weighted by molar-refractivity contribution is -0.132. The number of aromatic nitrogens is 1. The van der Waals surface area contributed by atoms with Crippen LogP contribution in [-0.4, -0.2) is 40.8 Å². The van der Waals surface area contributed by atoms with Gasteiger partial charge in [-0.3, -0.25) is 14.6 Å². The maximum absolute atomic E-state index is 13.6. The number of rotatable bonds is 6. The van der Waals surface area contributed by atoms with Crippen LogP contribution in [0.15, 0.2) is 103 Å². The fraction of sp³-hybridized carbons (Fsp3) is 0.167. The molecule has 3 aromatic carbocycles. The molecule has 0 saturated carbocycles. The lowest BCUT2D eigenvalue weighted by Gasteiger charge is -2.31. The molecule has 1 aliphatic rings. The SMILES string of the molecule is O=C(NC(Cc1ccccc1)C(=O)N1CC=C(c2cccc3ccccc23)CC1)c1cccnc1. The second kappa shape index (κ2) is 10.3. The highest BCUT2D eigenvalue weighted by molar-refractivity contribution is 5.98. The molecule has 1 aromatic heterocycles. The number of benzene rings is 3. The summed E-state index contributed by atoms with van der Waals surface area (Å²) in [5, 5.41) is 5.40. The highest BCUT2D eigenvalue weighted by atomic mass is 16.2. The normalized spacial score (nSPS) is 14.3. The molecule has 4 aromatic rings. The Morgan fingerprint density at radius 2 is 1.71 bits per heavy atom. The van der Waals surface area contributed by atoms with E-state index < -0.39 is 6.04 Å². The zero-order chi connectivity index (χ0) is 24.0. The molecular formula is C30H27N3O2. The molecule has 0 aliphatic carbocycles. The number of hydrogen-bond acceptors (Lipinski definition) is 3. The maximum Gasteiger partial charge on any atom is 0.253 e. The van der Waals surface area contributed by atoms with Crippen LogP contribution in [0.2, 0.25) is 0 Å². The number of amides is 2. The Kier molecular flexibility index (Phi) is 6.66. The van der Waals surface area contributed by atoms with Crippen LogP contribution < -0.4 is 5.32 Å². The first kappa shape index (κ1) is 22.5. The minimum absolute atomic E-state index is 0.0701. The number of carbonyl (C=O) groups is 2. The topological polar surface area (TPSA) is 62.3 Å². The molecule has 1 atom stereocenters. The Balaban J connectivity index is 1.35. The summed E-state index contributed by atoms with van der Waals surface area (Å²) in [7, 11) is 0. The molecule has 1 aliphatic heterocycles. The Morgan fingerprint density at radius 1 is 0.914 bits per heavy atom. The van der Waals surface area contributed by atoms with E-state index in [1.165, 1.54) is 28.1 Å². The molecule has 35 heavy (non-hydrogen) atoms. The third-order valence-corrected chi connectivity index (χ3v) is 6.47. The molecule has 0 radical (unpaired) electrons. The van der Waals surface area contributed by atoms with Gasteiger partial charge in [0.2, 0.25) is 5.91 Å². The molecule has 2 heterocycles. The quantitative estimate of drug-likeness (QED) is 0.445. The van der Waals surface area contributed by atoms with Crippen LogP contribution in [0.4, 0.5) is 0 Å². The van der Waals surface area contributed by atoms with Gasteiger partial charge < -0.3 is 10.2 Å². The van der Waals surface area contributed by atoms with Gasteiger partial charge in [0.1, 0.15) is 6.04 Å². The van der Waals surface area contributed by atoms with Crippen molar-refractivity contribution in [1.29, 1.82) is 0 Å². The molecule has 0 bridgehead atoms. The summed E-state index contributed by atoms with van der Waals surface area (Å²) in [5.41, 5.74) is 3.92. The van der Waals surface area contributed by atoms with Gasteiger partial charge in [-0.15, -0.1) is 0 Å². The average molecular weight is 462 g/mol. The van der Waals surface area contributed by atoms with Crippen LogP contribution in [0.5, 0.6) is 0 Å². The number of hydrogen-bond donors (Lipinski definition) is 1. The van der Waals surface area contributed by atoms with E-state index in [0.29, 0.717) is 25.1 Å². The number of pyridine rings is 1. The van der Waals surface area contributed by atoms with E-state index in [1.54, 1.807) is 18.3 Å². The zero-order valence-corrected chi connectivity index (χ0v) is 19.4. The zero-order valence-electron chi connectivity index (χ0n) is 19.4. The average Bonchev–Trinajstić information content (AvgIpc) is 2.93. The molecule has 0 saturated heterocycles. The van der Waals surface area contributed by atoms with Gasteiger partial charge in [-0.1, -0.05) is 78.9 Å². The standard InChI is InChI=1S/C30H27N3O2/c34-29(25-12-7-17-31-21-25)32-28(20-22-8-2-1-3-9-22)30(35)33-18-15-24(16-19-33)27-14-6-11-23-10-4-5-13-26(23)27/h1-15,17,21,28H,16,18-20H2,(H,32,34). The predicted molar refractivity (Wildman–Crippen MR) is 139 cm³/mol. The van der Waals surface area contributed by atoms with E-state index in [0.717, 1.165) is 12.0 Å². The monoisotopic (exact) mass is 461 g/mol. The van der Waals surface area contributed by atoms with Crippen molar-refractivity contribution < 1.29 is 9.59 Å². The van der Waals surface area contributed by atoms with Crippen LogP contribution >= 0.6 is 0 Å². The third kappa shape index (κ3) is 5.14. The molecule has 1 unspecified atom stereocenters. The Morgan fingerprint density at radius 3 is 2.49 bits per heavy atom. The lowest BCUT2D eigenvalue weighted by Crippen LogP contribution is -2.50. The van der Waals surface area contributed by atoms with Gasteiger partial charge in [-0.05, 0) is 46.0 Å². The van der Waals surface area contributed by atoms with Crippen molar-refractivity contribution >= 4 is 28.2 Å². The molecule has 5 heteroatoms. The predicted octanol–water partition coefficient (Wildman–Crippen LogP) is 4.89. The van der Waals surface area contributed by atoms with Gasteiger partial charge in [0, 0.05) is 31.9 Å². The van der Waals surface area contributed by atoms with E-state index in [1.807, 2.05) is 35.2 Å². The van der Waals surface area contributed by atoms with E-state index >= 15 is 0 Å². The van der Waals surface area contributed by atoms with Crippen molar-refractivity contribution in [3.63, 3.8) is 0 Å². The molecule has 0 fully saturated rings. The van der Waals surface area contributed by atoms with Gasteiger partial charge >= 0.3 is 0 Å². The summed E-state index contributed by atoms with van der Waals surface area (Å²) in [4.78, 5) is 32.3. The first-order valence-corrected chi connectivity index (χ1v) is 11.9. The molecule has 0 spiro atoms. The second-order valence-electron chi connectivity index (χ2n) is 8.75. The van der Waals surface area contributed by atoms with E-state index in [9.17, 15) is 9.59 Å². The van der Waals surface area contributed by atoms with Crippen molar-refractivity contribution in [2.24, 2.45) is 0 Å².